The second-order valence-corrected chi connectivity index (χ2v) is 5.89. The molecule has 0 unspecified atom stereocenters. The monoisotopic (exact) mass is 270 g/mol. The molecular formula is C11H14N2O2S2. The van der Waals surface area contributed by atoms with E-state index in [0.29, 0.717) is 12.2 Å². The molecule has 17 heavy (non-hydrogen) atoms. The number of hydrogen-bond donors (Lipinski definition) is 1. The number of nitrogens with zero attached hydrogens (tertiary/aromatic N) is 1. The highest BCUT2D eigenvalue weighted by Gasteiger charge is 2.13. The summed E-state index contributed by atoms with van der Waals surface area (Å²) in [4.78, 5) is 3.98. The van der Waals surface area contributed by atoms with Crippen LogP contribution in [0.1, 0.15) is 13.8 Å². The van der Waals surface area contributed by atoms with Gasteiger partial charge < -0.3 is 0 Å². The minimum absolute atomic E-state index is 0.224. The van der Waals surface area contributed by atoms with Gasteiger partial charge in [-0.3, -0.25) is 0 Å². The quantitative estimate of drug-likeness (QED) is 0.660. The van der Waals surface area contributed by atoms with Crippen molar-refractivity contribution >= 4 is 33.1 Å². The van der Waals surface area contributed by atoms with E-state index in [4.69, 9.17) is 0 Å². The lowest BCUT2D eigenvalue weighted by molar-refractivity contribution is 0.560. The van der Waals surface area contributed by atoms with Crippen molar-refractivity contribution in [1.82, 2.24) is 4.72 Å². The van der Waals surface area contributed by atoms with Gasteiger partial charge in [-0.05, 0) is 42.4 Å². The zero-order valence-electron chi connectivity index (χ0n) is 9.67. The maximum absolute atomic E-state index is 11.8. The molecule has 0 heterocycles. The van der Waals surface area contributed by atoms with Gasteiger partial charge in [-0.1, -0.05) is 13.8 Å². The van der Waals surface area contributed by atoms with Crippen LogP contribution >= 0.6 is 12.2 Å². The fourth-order valence-electron chi connectivity index (χ4n) is 1.11. The Labute approximate surface area is 107 Å². The van der Waals surface area contributed by atoms with E-state index in [1.165, 1.54) is 12.1 Å². The third-order valence-corrected chi connectivity index (χ3v) is 3.53. The average molecular weight is 270 g/mol. The van der Waals surface area contributed by atoms with E-state index in [0.717, 1.165) is 0 Å². The summed E-state index contributed by atoms with van der Waals surface area (Å²) in [7, 11) is -3.43. The molecule has 4 nitrogen and oxygen atoms in total. The molecule has 0 aliphatic rings. The van der Waals surface area contributed by atoms with Gasteiger partial charge in [0.2, 0.25) is 10.0 Å². The lowest BCUT2D eigenvalue weighted by atomic mass is 10.2. The number of hydrogen-bond acceptors (Lipinski definition) is 4. The summed E-state index contributed by atoms with van der Waals surface area (Å²) in [5.41, 5.74) is 0.586. The molecule has 0 saturated heterocycles. The number of isothiocyanates is 1. The Balaban J connectivity index is 2.88. The maximum atomic E-state index is 11.8. The Hall–Kier alpha value is -1.07. The van der Waals surface area contributed by atoms with Gasteiger partial charge in [0.25, 0.3) is 0 Å². The van der Waals surface area contributed by atoms with Crippen LogP contribution in [-0.4, -0.2) is 20.1 Å². The van der Waals surface area contributed by atoms with Crippen molar-refractivity contribution in [3.8, 4) is 0 Å². The second-order valence-electron chi connectivity index (χ2n) is 3.94. The summed E-state index contributed by atoms with van der Waals surface area (Å²) in [5.74, 6) is 0.267. The molecule has 0 fully saturated rings. The Morgan fingerprint density at radius 2 is 1.94 bits per heavy atom. The zero-order valence-corrected chi connectivity index (χ0v) is 11.3. The van der Waals surface area contributed by atoms with Crippen molar-refractivity contribution in [2.45, 2.75) is 18.7 Å². The van der Waals surface area contributed by atoms with Crippen LogP contribution in [0.25, 0.3) is 0 Å². The van der Waals surface area contributed by atoms with Crippen LogP contribution in [0.4, 0.5) is 5.69 Å². The van der Waals surface area contributed by atoms with Crippen LogP contribution in [0.2, 0.25) is 0 Å². The van der Waals surface area contributed by atoms with E-state index in [9.17, 15) is 8.42 Å². The Bertz CT molecular complexity index is 515. The number of benzene rings is 1. The Morgan fingerprint density at radius 3 is 2.41 bits per heavy atom. The minimum Gasteiger partial charge on any atom is -0.211 e. The summed E-state index contributed by atoms with van der Waals surface area (Å²) in [6, 6.07) is 6.16. The van der Waals surface area contributed by atoms with Crippen LogP contribution in [0.15, 0.2) is 34.2 Å². The van der Waals surface area contributed by atoms with Crippen molar-refractivity contribution in [2.75, 3.05) is 6.54 Å². The van der Waals surface area contributed by atoms with Crippen molar-refractivity contribution in [1.29, 1.82) is 0 Å². The van der Waals surface area contributed by atoms with Crippen LogP contribution in [-0.2, 0) is 10.0 Å². The second kappa shape index (κ2) is 6.02. The standard InChI is InChI=1S/C11H14N2O2S2/c1-9(2)7-13-17(14,15)11-5-3-10(4-6-11)12-8-16/h3-6,9,13H,7H2,1-2H3. The van der Waals surface area contributed by atoms with E-state index >= 15 is 0 Å². The van der Waals surface area contributed by atoms with Gasteiger partial charge in [0.1, 0.15) is 0 Å². The molecule has 0 saturated carbocycles. The van der Waals surface area contributed by atoms with Crippen LogP contribution < -0.4 is 4.72 Å². The number of aliphatic imine (C=N–C) groups is 1. The lowest BCUT2D eigenvalue weighted by Crippen LogP contribution is -2.27. The van der Waals surface area contributed by atoms with Crippen molar-refractivity contribution in [3.63, 3.8) is 0 Å². The SMILES string of the molecule is CC(C)CNS(=O)(=O)c1ccc(N=C=S)cc1. The van der Waals surface area contributed by atoms with E-state index in [-0.39, 0.29) is 10.8 Å². The summed E-state index contributed by atoms with van der Waals surface area (Å²) < 4.78 is 26.2. The van der Waals surface area contributed by atoms with Crippen LogP contribution in [0.3, 0.4) is 0 Å². The lowest BCUT2D eigenvalue weighted by Gasteiger charge is -2.08. The fraction of sp³-hybridized carbons (Fsp3) is 0.364. The predicted molar refractivity (Wildman–Crippen MR) is 71.2 cm³/mol. The van der Waals surface area contributed by atoms with Crippen molar-refractivity contribution in [2.24, 2.45) is 10.9 Å². The van der Waals surface area contributed by atoms with Gasteiger partial charge in [0.05, 0.1) is 15.7 Å². The fourth-order valence-corrected chi connectivity index (χ4v) is 2.43. The van der Waals surface area contributed by atoms with Crippen molar-refractivity contribution in [3.05, 3.63) is 24.3 Å². The van der Waals surface area contributed by atoms with Crippen LogP contribution in [0.5, 0.6) is 0 Å². The molecule has 0 aliphatic heterocycles. The summed E-state index contributed by atoms with van der Waals surface area (Å²) in [6.45, 7) is 4.31. The first kappa shape index (κ1) is 14.0. The third kappa shape index (κ3) is 4.36. The largest absolute Gasteiger partial charge is 0.240 e. The number of sulfonamides is 1. The van der Waals surface area contributed by atoms with E-state index < -0.39 is 10.0 Å². The number of nitrogens with one attached hydrogen (secondary N) is 1. The summed E-state index contributed by atoms with van der Waals surface area (Å²) >= 11 is 4.46. The summed E-state index contributed by atoms with van der Waals surface area (Å²) in [5, 5.41) is 2.23. The normalized spacial score (nSPS) is 11.2. The topological polar surface area (TPSA) is 58.5 Å². The molecule has 0 aromatic heterocycles. The van der Waals surface area contributed by atoms with Gasteiger partial charge in [0, 0.05) is 6.54 Å². The van der Waals surface area contributed by atoms with Gasteiger partial charge in [-0.2, -0.15) is 4.99 Å². The van der Waals surface area contributed by atoms with Gasteiger partial charge >= 0.3 is 0 Å². The highest BCUT2D eigenvalue weighted by molar-refractivity contribution is 7.89. The summed E-state index contributed by atoms with van der Waals surface area (Å²) in [6.07, 6.45) is 0. The molecule has 0 atom stereocenters. The number of thiocarbonyl (C=S) groups is 1. The first-order valence-electron chi connectivity index (χ1n) is 5.13. The zero-order chi connectivity index (χ0) is 12.9. The average Bonchev–Trinajstić information content (AvgIpc) is 2.28. The molecule has 0 aliphatic carbocycles. The molecule has 0 bridgehead atoms. The smallest absolute Gasteiger partial charge is 0.211 e. The van der Waals surface area contributed by atoms with E-state index in [2.05, 4.69) is 27.1 Å². The maximum Gasteiger partial charge on any atom is 0.240 e. The van der Waals surface area contributed by atoms with Crippen molar-refractivity contribution < 1.29 is 8.42 Å². The molecule has 92 valence electrons. The third-order valence-electron chi connectivity index (χ3n) is 2.00. The predicted octanol–water partition coefficient (Wildman–Crippen LogP) is 2.36. The first-order valence-corrected chi connectivity index (χ1v) is 7.02. The van der Waals surface area contributed by atoms with Gasteiger partial charge in [-0.15, -0.1) is 0 Å². The molecule has 1 N–H and O–H groups in total. The highest BCUT2D eigenvalue weighted by Crippen LogP contribution is 2.15. The number of rotatable bonds is 5. The molecular weight excluding hydrogens is 256 g/mol. The molecule has 0 radical (unpaired) electrons. The molecule has 1 aromatic rings. The first-order chi connectivity index (χ1) is 7.95. The Kier molecular flexibility index (Phi) is 4.96. The molecule has 6 heteroatoms. The minimum atomic E-state index is -3.43. The molecule has 1 rings (SSSR count). The molecule has 0 spiro atoms. The molecule has 1 aromatic carbocycles. The van der Waals surface area contributed by atoms with Gasteiger partial charge in [0.15, 0.2) is 0 Å². The van der Waals surface area contributed by atoms with E-state index in [1.54, 1.807) is 12.1 Å². The van der Waals surface area contributed by atoms with Crippen LogP contribution in [0, 0.1) is 5.92 Å². The van der Waals surface area contributed by atoms with Gasteiger partial charge in [-0.25, -0.2) is 13.1 Å². The Morgan fingerprint density at radius 1 is 1.35 bits per heavy atom. The highest BCUT2D eigenvalue weighted by atomic mass is 32.2. The molecule has 0 amide bonds. The van der Waals surface area contributed by atoms with E-state index in [1.807, 2.05) is 13.8 Å².